The van der Waals surface area contributed by atoms with Gasteiger partial charge in [-0.3, -0.25) is 0 Å². The molecule has 2 heteroatoms. The summed E-state index contributed by atoms with van der Waals surface area (Å²) < 4.78 is 0. The molecule has 22 heavy (non-hydrogen) atoms. The highest BCUT2D eigenvalue weighted by molar-refractivity contribution is 5.96. The fourth-order valence-corrected chi connectivity index (χ4v) is 4.68. The number of hydrogen-bond donors (Lipinski definition) is 0. The SMILES string of the molecule is C[C@@]12C3=CC=C4C=CC=C(c5cnncc5C1=CC=C3)[C@@]42C. The average Bonchev–Trinajstić information content (AvgIpc) is 2.54. The van der Waals surface area contributed by atoms with Gasteiger partial charge in [-0.15, -0.1) is 0 Å². The molecule has 0 amide bonds. The van der Waals surface area contributed by atoms with Crippen LogP contribution in [0.15, 0.2) is 72.1 Å². The summed E-state index contributed by atoms with van der Waals surface area (Å²) in [4.78, 5) is 0. The van der Waals surface area contributed by atoms with Crippen LogP contribution in [-0.4, -0.2) is 10.2 Å². The van der Waals surface area contributed by atoms with Crippen molar-refractivity contribution in [3.8, 4) is 0 Å². The van der Waals surface area contributed by atoms with Gasteiger partial charge in [0.2, 0.25) is 0 Å². The molecule has 0 aromatic carbocycles. The summed E-state index contributed by atoms with van der Waals surface area (Å²) in [5.74, 6) is 0. The maximum Gasteiger partial charge on any atom is 0.0577 e. The molecule has 4 aliphatic rings. The minimum absolute atomic E-state index is 0.0571. The van der Waals surface area contributed by atoms with Crippen LogP contribution in [-0.2, 0) is 0 Å². The number of fused-ring (bicyclic) bond motifs is 3. The van der Waals surface area contributed by atoms with Crippen molar-refractivity contribution in [2.24, 2.45) is 10.8 Å². The zero-order valence-corrected chi connectivity index (χ0v) is 12.7. The monoisotopic (exact) mass is 284 g/mol. The lowest BCUT2D eigenvalue weighted by Gasteiger charge is -2.57. The van der Waals surface area contributed by atoms with Crippen LogP contribution < -0.4 is 0 Å². The van der Waals surface area contributed by atoms with E-state index in [1.54, 1.807) is 0 Å². The molecule has 0 saturated carbocycles. The second-order valence-electron chi connectivity index (χ2n) is 6.69. The second-order valence-corrected chi connectivity index (χ2v) is 6.69. The van der Waals surface area contributed by atoms with Crippen molar-refractivity contribution in [2.45, 2.75) is 13.8 Å². The molecule has 0 aliphatic heterocycles. The van der Waals surface area contributed by atoms with Gasteiger partial charge < -0.3 is 0 Å². The lowest BCUT2D eigenvalue weighted by Crippen LogP contribution is -2.47. The highest BCUT2D eigenvalue weighted by Crippen LogP contribution is 2.69. The van der Waals surface area contributed by atoms with Gasteiger partial charge in [-0.25, -0.2) is 0 Å². The molecule has 0 spiro atoms. The fourth-order valence-electron chi connectivity index (χ4n) is 4.68. The van der Waals surface area contributed by atoms with E-state index >= 15 is 0 Å². The van der Waals surface area contributed by atoms with Crippen molar-refractivity contribution in [2.75, 3.05) is 0 Å². The van der Waals surface area contributed by atoms with Gasteiger partial charge in [-0.05, 0) is 22.3 Å². The molecule has 1 aromatic rings. The van der Waals surface area contributed by atoms with Gasteiger partial charge in [0.25, 0.3) is 0 Å². The number of aromatic nitrogens is 2. The summed E-state index contributed by atoms with van der Waals surface area (Å²) in [6.45, 7) is 4.75. The zero-order chi connectivity index (χ0) is 14.9. The van der Waals surface area contributed by atoms with Gasteiger partial charge in [-0.1, -0.05) is 62.5 Å². The van der Waals surface area contributed by atoms with Gasteiger partial charge in [0.1, 0.15) is 0 Å². The van der Waals surface area contributed by atoms with Crippen molar-refractivity contribution < 1.29 is 0 Å². The molecule has 5 rings (SSSR count). The van der Waals surface area contributed by atoms with Gasteiger partial charge >= 0.3 is 0 Å². The molecule has 1 aromatic heterocycles. The highest BCUT2D eigenvalue weighted by atomic mass is 15.1. The van der Waals surface area contributed by atoms with Crippen LogP contribution >= 0.6 is 0 Å². The molecule has 0 bridgehead atoms. The van der Waals surface area contributed by atoms with E-state index in [0.717, 1.165) is 0 Å². The Labute approximate surface area is 130 Å². The first-order chi connectivity index (χ1) is 10.7. The van der Waals surface area contributed by atoms with E-state index in [1.165, 1.54) is 33.4 Å². The Balaban J connectivity index is 2.00. The molecule has 2 atom stereocenters. The lowest BCUT2D eigenvalue weighted by molar-refractivity contribution is 0.302. The van der Waals surface area contributed by atoms with Crippen LogP contribution in [0.5, 0.6) is 0 Å². The van der Waals surface area contributed by atoms with E-state index in [0.29, 0.717) is 0 Å². The van der Waals surface area contributed by atoms with Crippen LogP contribution in [0.4, 0.5) is 0 Å². The maximum absolute atomic E-state index is 4.15. The molecule has 2 nitrogen and oxygen atoms in total. The summed E-state index contributed by atoms with van der Waals surface area (Å²) in [5, 5.41) is 8.30. The lowest BCUT2D eigenvalue weighted by atomic mass is 9.44. The van der Waals surface area contributed by atoms with Gasteiger partial charge in [0.05, 0.1) is 12.4 Å². The van der Waals surface area contributed by atoms with Crippen LogP contribution in [0.3, 0.4) is 0 Å². The third-order valence-corrected chi connectivity index (χ3v) is 6.06. The topological polar surface area (TPSA) is 25.8 Å². The number of hydrogen-bond acceptors (Lipinski definition) is 2. The first-order valence-electron chi connectivity index (χ1n) is 7.69. The Morgan fingerprint density at radius 2 is 1.14 bits per heavy atom. The average molecular weight is 284 g/mol. The largest absolute Gasteiger partial charge is 0.158 e. The van der Waals surface area contributed by atoms with E-state index in [4.69, 9.17) is 0 Å². The summed E-state index contributed by atoms with van der Waals surface area (Å²) >= 11 is 0. The van der Waals surface area contributed by atoms with Crippen molar-refractivity contribution in [1.29, 1.82) is 0 Å². The van der Waals surface area contributed by atoms with Gasteiger partial charge in [-0.2, -0.15) is 10.2 Å². The van der Waals surface area contributed by atoms with E-state index in [2.05, 4.69) is 72.7 Å². The molecular weight excluding hydrogens is 268 g/mol. The van der Waals surface area contributed by atoms with Crippen molar-refractivity contribution >= 4 is 11.1 Å². The Hall–Kier alpha value is -2.48. The quantitative estimate of drug-likeness (QED) is 0.711. The van der Waals surface area contributed by atoms with E-state index in [9.17, 15) is 0 Å². The zero-order valence-electron chi connectivity index (χ0n) is 12.7. The first-order valence-corrected chi connectivity index (χ1v) is 7.69. The molecule has 1 heterocycles. The molecule has 106 valence electrons. The van der Waals surface area contributed by atoms with E-state index in [1.807, 2.05) is 12.4 Å². The van der Waals surface area contributed by atoms with Crippen LogP contribution in [0.2, 0.25) is 0 Å². The van der Waals surface area contributed by atoms with Crippen LogP contribution in [0, 0.1) is 10.8 Å². The molecular formula is C20H16N2. The summed E-state index contributed by atoms with van der Waals surface area (Å²) in [5.41, 5.74) is 7.77. The van der Waals surface area contributed by atoms with Crippen LogP contribution in [0.1, 0.15) is 25.0 Å². The maximum atomic E-state index is 4.15. The fraction of sp³-hybridized carbons (Fsp3) is 0.200. The minimum atomic E-state index is -0.0571. The summed E-state index contributed by atoms with van der Waals surface area (Å²) in [7, 11) is 0. The predicted molar refractivity (Wildman–Crippen MR) is 88.6 cm³/mol. The first kappa shape index (κ1) is 12.1. The van der Waals surface area contributed by atoms with Crippen molar-refractivity contribution in [3.63, 3.8) is 0 Å². The molecule has 4 aliphatic carbocycles. The second kappa shape index (κ2) is 3.64. The van der Waals surface area contributed by atoms with Crippen LogP contribution in [0.25, 0.3) is 11.1 Å². The Morgan fingerprint density at radius 1 is 0.682 bits per heavy atom. The van der Waals surface area contributed by atoms with Crippen molar-refractivity contribution in [1.82, 2.24) is 10.2 Å². The van der Waals surface area contributed by atoms with E-state index in [-0.39, 0.29) is 10.8 Å². The summed E-state index contributed by atoms with van der Waals surface area (Å²) in [6, 6.07) is 0. The summed E-state index contributed by atoms with van der Waals surface area (Å²) in [6.07, 6.45) is 21.7. The number of allylic oxidation sites excluding steroid dienone is 12. The number of rotatable bonds is 0. The third kappa shape index (κ3) is 1.08. The highest BCUT2D eigenvalue weighted by Gasteiger charge is 2.58. The van der Waals surface area contributed by atoms with Gasteiger partial charge in [0.15, 0.2) is 0 Å². The normalized spacial score (nSPS) is 33.2. The molecule has 0 fully saturated rings. The molecule has 0 unspecified atom stereocenters. The standard InChI is InChI=1S/C20H16N2/c1-19-13-5-3-7-17(19)15-11-21-22-12-16(15)18-8-4-6-14(10-9-13)20(18,19)2/h3-12H,1-2H3/t19-,20-/m1/s1. The Bertz CT molecular complexity index is 832. The van der Waals surface area contributed by atoms with E-state index < -0.39 is 0 Å². The third-order valence-electron chi connectivity index (χ3n) is 6.06. The number of nitrogens with zero attached hydrogens (tertiary/aromatic N) is 2. The van der Waals surface area contributed by atoms with Gasteiger partial charge in [0, 0.05) is 22.0 Å². The van der Waals surface area contributed by atoms with Crippen molar-refractivity contribution in [3.05, 3.63) is 83.3 Å². The molecule has 0 radical (unpaired) electrons. The predicted octanol–water partition coefficient (Wildman–Crippen LogP) is 4.28. The molecule has 0 saturated heterocycles. The minimum Gasteiger partial charge on any atom is -0.158 e. The Kier molecular flexibility index (Phi) is 2.00. The smallest absolute Gasteiger partial charge is 0.0577 e. The Morgan fingerprint density at radius 3 is 1.59 bits per heavy atom. The molecule has 0 N–H and O–H groups in total.